The molecule has 0 aliphatic heterocycles. The lowest BCUT2D eigenvalue weighted by Gasteiger charge is -2.30. The lowest BCUT2D eigenvalue weighted by atomic mass is 10.1. The first-order valence-corrected chi connectivity index (χ1v) is 5.56. The SMILES string of the molecule is CCC(C)N(CC)c1cccnc1C(=O)O. The number of anilines is 1. The molecular formula is C12H18N2O2. The van der Waals surface area contributed by atoms with Crippen LogP contribution in [0.5, 0.6) is 0 Å². The zero-order chi connectivity index (χ0) is 12.1. The summed E-state index contributed by atoms with van der Waals surface area (Å²) in [5.41, 5.74) is 0.830. The Morgan fingerprint density at radius 1 is 1.56 bits per heavy atom. The van der Waals surface area contributed by atoms with Crippen LogP contribution in [0.15, 0.2) is 18.3 Å². The molecule has 0 radical (unpaired) electrons. The van der Waals surface area contributed by atoms with Gasteiger partial charge in [0, 0.05) is 18.8 Å². The van der Waals surface area contributed by atoms with Crippen molar-refractivity contribution in [1.82, 2.24) is 4.98 Å². The third-order valence-electron chi connectivity index (χ3n) is 2.76. The summed E-state index contributed by atoms with van der Waals surface area (Å²) >= 11 is 0. The van der Waals surface area contributed by atoms with Gasteiger partial charge in [0.2, 0.25) is 0 Å². The van der Waals surface area contributed by atoms with Crippen LogP contribution in [-0.4, -0.2) is 28.6 Å². The van der Waals surface area contributed by atoms with Gasteiger partial charge in [-0.05, 0) is 32.4 Å². The summed E-state index contributed by atoms with van der Waals surface area (Å²) in [6.45, 7) is 6.97. The molecule has 0 saturated heterocycles. The second-order valence-corrected chi connectivity index (χ2v) is 3.72. The van der Waals surface area contributed by atoms with Crippen LogP contribution in [0.2, 0.25) is 0 Å². The van der Waals surface area contributed by atoms with Crippen molar-refractivity contribution < 1.29 is 9.90 Å². The summed E-state index contributed by atoms with van der Waals surface area (Å²) in [4.78, 5) is 17.1. The van der Waals surface area contributed by atoms with Crippen LogP contribution < -0.4 is 4.90 Å². The van der Waals surface area contributed by atoms with Crippen molar-refractivity contribution in [2.45, 2.75) is 33.2 Å². The number of aromatic nitrogens is 1. The van der Waals surface area contributed by atoms with Crippen LogP contribution in [0.25, 0.3) is 0 Å². The Hall–Kier alpha value is -1.58. The minimum absolute atomic E-state index is 0.129. The van der Waals surface area contributed by atoms with Crippen LogP contribution in [0.1, 0.15) is 37.7 Å². The predicted molar refractivity (Wildman–Crippen MR) is 64.0 cm³/mol. The summed E-state index contributed by atoms with van der Waals surface area (Å²) in [6, 6.07) is 3.89. The molecule has 0 bridgehead atoms. The van der Waals surface area contributed by atoms with E-state index in [2.05, 4.69) is 23.7 Å². The van der Waals surface area contributed by atoms with Gasteiger partial charge in [0.25, 0.3) is 0 Å². The van der Waals surface area contributed by atoms with Crippen molar-refractivity contribution in [3.63, 3.8) is 0 Å². The first-order valence-electron chi connectivity index (χ1n) is 5.56. The van der Waals surface area contributed by atoms with Crippen LogP contribution >= 0.6 is 0 Å². The molecule has 88 valence electrons. The molecule has 1 N–H and O–H groups in total. The zero-order valence-electron chi connectivity index (χ0n) is 9.97. The van der Waals surface area contributed by atoms with Gasteiger partial charge in [-0.15, -0.1) is 0 Å². The smallest absolute Gasteiger partial charge is 0.356 e. The summed E-state index contributed by atoms with van der Waals surface area (Å²) in [5, 5.41) is 9.08. The predicted octanol–water partition coefficient (Wildman–Crippen LogP) is 2.40. The fourth-order valence-corrected chi connectivity index (χ4v) is 1.73. The Kier molecular flexibility index (Phi) is 4.28. The van der Waals surface area contributed by atoms with Gasteiger partial charge in [0.05, 0.1) is 5.69 Å². The van der Waals surface area contributed by atoms with Crippen LogP contribution in [-0.2, 0) is 0 Å². The first-order chi connectivity index (χ1) is 7.61. The molecule has 1 atom stereocenters. The highest BCUT2D eigenvalue weighted by molar-refractivity contribution is 5.92. The van der Waals surface area contributed by atoms with E-state index < -0.39 is 5.97 Å². The molecule has 0 fully saturated rings. The average Bonchev–Trinajstić information content (AvgIpc) is 2.30. The number of pyridine rings is 1. The van der Waals surface area contributed by atoms with Gasteiger partial charge >= 0.3 is 5.97 Å². The van der Waals surface area contributed by atoms with Crippen LogP contribution in [0.4, 0.5) is 5.69 Å². The van der Waals surface area contributed by atoms with E-state index in [0.717, 1.165) is 13.0 Å². The van der Waals surface area contributed by atoms with Crippen molar-refractivity contribution >= 4 is 11.7 Å². The molecule has 1 unspecified atom stereocenters. The van der Waals surface area contributed by atoms with E-state index in [1.165, 1.54) is 6.20 Å². The monoisotopic (exact) mass is 222 g/mol. The highest BCUT2D eigenvalue weighted by Gasteiger charge is 2.18. The van der Waals surface area contributed by atoms with Gasteiger partial charge in [-0.25, -0.2) is 9.78 Å². The van der Waals surface area contributed by atoms with Gasteiger partial charge in [-0.1, -0.05) is 6.92 Å². The fraction of sp³-hybridized carbons (Fsp3) is 0.500. The number of aromatic carboxylic acids is 1. The van der Waals surface area contributed by atoms with E-state index in [0.29, 0.717) is 11.7 Å². The van der Waals surface area contributed by atoms with E-state index in [4.69, 9.17) is 5.11 Å². The van der Waals surface area contributed by atoms with Gasteiger partial charge in [-0.3, -0.25) is 0 Å². The number of carbonyl (C=O) groups is 1. The molecule has 1 aromatic heterocycles. The Labute approximate surface area is 95.9 Å². The molecule has 1 rings (SSSR count). The molecule has 1 aromatic rings. The van der Waals surface area contributed by atoms with Crippen molar-refractivity contribution in [2.75, 3.05) is 11.4 Å². The molecule has 4 heteroatoms. The third-order valence-corrected chi connectivity index (χ3v) is 2.76. The van der Waals surface area contributed by atoms with E-state index in [1.54, 1.807) is 6.07 Å². The van der Waals surface area contributed by atoms with E-state index in [1.807, 2.05) is 13.0 Å². The number of rotatable bonds is 5. The van der Waals surface area contributed by atoms with Crippen molar-refractivity contribution in [2.24, 2.45) is 0 Å². The minimum atomic E-state index is -0.975. The second kappa shape index (κ2) is 5.49. The van der Waals surface area contributed by atoms with Crippen molar-refractivity contribution in [1.29, 1.82) is 0 Å². The normalized spacial score (nSPS) is 12.2. The average molecular weight is 222 g/mol. The molecular weight excluding hydrogens is 204 g/mol. The van der Waals surface area contributed by atoms with Gasteiger partial charge < -0.3 is 10.0 Å². The summed E-state index contributed by atoms with van der Waals surface area (Å²) in [7, 11) is 0. The van der Waals surface area contributed by atoms with Crippen molar-refractivity contribution in [3.8, 4) is 0 Å². The maximum absolute atomic E-state index is 11.1. The van der Waals surface area contributed by atoms with E-state index >= 15 is 0 Å². The lowest BCUT2D eigenvalue weighted by Crippen LogP contribution is -2.33. The van der Waals surface area contributed by atoms with Gasteiger partial charge in [0.15, 0.2) is 5.69 Å². The molecule has 16 heavy (non-hydrogen) atoms. The van der Waals surface area contributed by atoms with Crippen molar-refractivity contribution in [3.05, 3.63) is 24.0 Å². The Balaban J connectivity index is 3.14. The second-order valence-electron chi connectivity index (χ2n) is 3.72. The number of hydrogen-bond acceptors (Lipinski definition) is 3. The molecule has 0 aliphatic rings. The summed E-state index contributed by atoms with van der Waals surface area (Å²) in [6.07, 6.45) is 2.49. The maximum atomic E-state index is 11.1. The Morgan fingerprint density at radius 2 is 2.25 bits per heavy atom. The number of carboxylic acids is 1. The molecule has 0 aliphatic carbocycles. The number of carboxylic acid groups (broad SMARTS) is 1. The fourth-order valence-electron chi connectivity index (χ4n) is 1.73. The van der Waals surface area contributed by atoms with Gasteiger partial charge in [0.1, 0.15) is 0 Å². The van der Waals surface area contributed by atoms with Crippen LogP contribution in [0.3, 0.4) is 0 Å². The summed E-state index contributed by atoms with van der Waals surface area (Å²) in [5.74, 6) is -0.975. The standard InChI is InChI=1S/C12H18N2O2/c1-4-9(3)14(5-2)10-7-6-8-13-11(10)12(15)16/h6-9H,4-5H2,1-3H3,(H,15,16). The minimum Gasteiger partial charge on any atom is -0.476 e. The molecule has 0 spiro atoms. The largest absolute Gasteiger partial charge is 0.476 e. The first kappa shape index (κ1) is 12.5. The summed E-state index contributed by atoms with van der Waals surface area (Å²) < 4.78 is 0. The lowest BCUT2D eigenvalue weighted by molar-refractivity contribution is 0.0691. The Morgan fingerprint density at radius 3 is 2.75 bits per heavy atom. The number of hydrogen-bond donors (Lipinski definition) is 1. The number of nitrogens with zero attached hydrogens (tertiary/aromatic N) is 2. The van der Waals surface area contributed by atoms with Crippen LogP contribution in [0, 0.1) is 0 Å². The maximum Gasteiger partial charge on any atom is 0.356 e. The Bertz CT molecular complexity index is 366. The third kappa shape index (κ3) is 2.51. The topological polar surface area (TPSA) is 53.4 Å². The molecule has 0 aromatic carbocycles. The molecule has 1 heterocycles. The quantitative estimate of drug-likeness (QED) is 0.831. The molecule has 0 amide bonds. The van der Waals surface area contributed by atoms with Gasteiger partial charge in [-0.2, -0.15) is 0 Å². The van der Waals surface area contributed by atoms with E-state index in [9.17, 15) is 4.79 Å². The molecule has 0 saturated carbocycles. The van der Waals surface area contributed by atoms with E-state index in [-0.39, 0.29) is 5.69 Å². The highest BCUT2D eigenvalue weighted by atomic mass is 16.4. The highest BCUT2D eigenvalue weighted by Crippen LogP contribution is 2.21. The molecule has 4 nitrogen and oxygen atoms in total. The zero-order valence-corrected chi connectivity index (χ0v) is 9.97.